The lowest BCUT2D eigenvalue weighted by molar-refractivity contribution is 0.259. The van der Waals surface area contributed by atoms with E-state index in [1.807, 2.05) is 0 Å². The Labute approximate surface area is 430 Å². The number of benzene rings is 4. The summed E-state index contributed by atoms with van der Waals surface area (Å²) in [6.07, 6.45) is -1.28. The second kappa shape index (κ2) is 22.6. The summed E-state index contributed by atoms with van der Waals surface area (Å²) in [4.78, 5) is 34.2. The maximum atomic E-state index is 15.0. The van der Waals surface area contributed by atoms with Crippen LogP contribution in [0.4, 0.5) is 76.7 Å². The summed E-state index contributed by atoms with van der Waals surface area (Å²) in [7, 11) is -18.9. The summed E-state index contributed by atoms with van der Waals surface area (Å²) >= 11 is 0. The lowest BCUT2D eigenvalue weighted by Crippen LogP contribution is -2.26. The van der Waals surface area contributed by atoms with Crippen LogP contribution in [0.1, 0.15) is 25.0 Å². The topological polar surface area (TPSA) is 431 Å². The molecular formula is C42H42F2N14O14S4. The summed E-state index contributed by atoms with van der Waals surface area (Å²) in [5.41, 5.74) is 2.58. The zero-order valence-electron chi connectivity index (χ0n) is 39.3. The van der Waals surface area contributed by atoms with Gasteiger partial charge >= 0.3 is 12.1 Å². The van der Waals surface area contributed by atoms with Gasteiger partial charge in [-0.1, -0.05) is 6.58 Å². The average Bonchev–Trinajstić information content (AvgIpc) is 3.30. The van der Waals surface area contributed by atoms with Crippen molar-refractivity contribution in [1.29, 1.82) is 0 Å². The van der Waals surface area contributed by atoms with Gasteiger partial charge in [-0.25, -0.2) is 17.6 Å². The number of carbonyl (C=O) groups excluding carboxylic acids is 1. The van der Waals surface area contributed by atoms with Crippen molar-refractivity contribution in [3.63, 3.8) is 0 Å². The second-order valence-corrected chi connectivity index (χ2v) is 21.9. The van der Waals surface area contributed by atoms with Crippen LogP contribution < -0.4 is 37.9 Å². The fourth-order valence-electron chi connectivity index (χ4n) is 6.82. The van der Waals surface area contributed by atoms with Crippen molar-refractivity contribution in [3.8, 4) is 5.88 Å². The van der Waals surface area contributed by atoms with Gasteiger partial charge in [0.05, 0.1) is 10.6 Å². The molecule has 6 aromatic rings. The number of amides is 2. The van der Waals surface area contributed by atoms with Crippen molar-refractivity contribution in [2.45, 2.75) is 53.8 Å². The monoisotopic (exact) mass is 1130 g/mol. The average molecular weight is 1130 g/mol. The Hall–Kier alpha value is -8.41. The molecule has 76 heavy (non-hydrogen) atoms. The number of primary amides is 1. The van der Waals surface area contributed by atoms with Gasteiger partial charge in [0.1, 0.15) is 38.4 Å². The van der Waals surface area contributed by atoms with Crippen LogP contribution in [0.5, 0.6) is 5.88 Å². The Morgan fingerprint density at radius 3 is 2.04 bits per heavy atom. The first-order valence-corrected chi connectivity index (χ1v) is 27.3. The molecule has 0 aliphatic carbocycles. The molecule has 6 rings (SSSR count). The first-order valence-electron chi connectivity index (χ1n) is 21.3. The van der Waals surface area contributed by atoms with E-state index in [0.29, 0.717) is 11.5 Å². The quantitative estimate of drug-likeness (QED) is 0.0260. The third-order valence-electron chi connectivity index (χ3n) is 10.2. The summed E-state index contributed by atoms with van der Waals surface area (Å²) in [5.74, 6) is -3.34. The molecule has 0 radical (unpaired) electrons. The number of pyridine rings is 1. The van der Waals surface area contributed by atoms with E-state index in [-0.39, 0.29) is 58.7 Å². The highest BCUT2D eigenvalue weighted by Gasteiger charge is 2.24. The van der Waals surface area contributed by atoms with E-state index >= 15 is 0 Å². The van der Waals surface area contributed by atoms with Crippen molar-refractivity contribution in [2.75, 3.05) is 33.1 Å². The minimum absolute atomic E-state index is 0.0277. The van der Waals surface area contributed by atoms with E-state index in [2.05, 4.69) is 68.6 Å². The van der Waals surface area contributed by atoms with Gasteiger partial charge in [-0.2, -0.15) is 44.6 Å². The van der Waals surface area contributed by atoms with Gasteiger partial charge < -0.3 is 37.4 Å². The number of nitrogens with zero attached hydrogens (tertiary/aromatic N) is 8. The van der Waals surface area contributed by atoms with Gasteiger partial charge in [0, 0.05) is 52.9 Å². The van der Waals surface area contributed by atoms with Gasteiger partial charge in [0.15, 0.2) is 21.4 Å². The number of carbonyl (C=O) groups is 1. The number of urea groups is 1. The first kappa shape index (κ1) is 56.9. The predicted octanol–water partition coefficient (Wildman–Crippen LogP) is 6.86. The number of sulfone groups is 1. The lowest BCUT2D eigenvalue weighted by atomic mass is 10.1. The Kier molecular flexibility index (Phi) is 16.9. The highest BCUT2D eigenvalue weighted by molar-refractivity contribution is 7.94. The Bertz CT molecular complexity index is 3900. The highest BCUT2D eigenvalue weighted by Crippen LogP contribution is 2.36. The molecule has 2 heterocycles. The van der Waals surface area contributed by atoms with E-state index in [0.717, 1.165) is 47.0 Å². The maximum Gasteiger partial charge on any atom is 0.316 e. The van der Waals surface area contributed by atoms with Gasteiger partial charge in [-0.15, -0.1) is 20.5 Å². The van der Waals surface area contributed by atoms with Crippen molar-refractivity contribution >= 4 is 109 Å². The molecule has 11 N–H and O–H groups in total. The van der Waals surface area contributed by atoms with E-state index in [4.69, 9.17) is 5.73 Å². The minimum Gasteiger partial charge on any atom is -0.494 e. The normalized spacial score (nSPS) is 12.6. The van der Waals surface area contributed by atoms with E-state index < -0.39 is 125 Å². The van der Waals surface area contributed by atoms with Crippen molar-refractivity contribution < 1.29 is 66.0 Å². The Balaban J connectivity index is 1.17. The third kappa shape index (κ3) is 14.5. The standard InChI is InChI=1S/C42H42F2N14O14S4/c1-5-58-37(59)29(20-74(64,65)66)22(4)36(38(58)60)57-56-33-17-25(8-12-34(33)75(67,68)69)49-42-52-39(44)51-41(53-42)46-19-21(3)47-26-13-23(43)14-27(15-26)48-24-7-10-30(32(16-24)50-40(45)61)54-55-31-11-9-28(73(62,63)6-2)18-35(31)76(70,71)72/h6-18,21,47-48,59H,2,5,19-20H2,1,3-4H3,(H3,45,50,61)(H,64,65,66)(H,67,68,69)(H,70,71,72)(H2,46,49,51,52,53). The first-order chi connectivity index (χ1) is 35.4. The van der Waals surface area contributed by atoms with Crippen molar-refractivity contribution in [3.05, 3.63) is 118 Å². The molecule has 34 heteroatoms. The fourth-order valence-corrected chi connectivity index (χ4v) is 9.59. The number of hydrogen-bond acceptors (Lipinski definition) is 22. The number of anilines is 7. The molecule has 0 aliphatic heterocycles. The Morgan fingerprint density at radius 2 is 1.39 bits per heavy atom. The zero-order valence-corrected chi connectivity index (χ0v) is 42.6. The van der Waals surface area contributed by atoms with Crippen LogP contribution in [-0.4, -0.2) is 90.6 Å². The summed E-state index contributed by atoms with van der Waals surface area (Å²) in [6.45, 7) is 7.25. The summed E-state index contributed by atoms with van der Waals surface area (Å²) < 4.78 is 156. The molecule has 2 amide bonds. The van der Waals surface area contributed by atoms with Crippen LogP contribution in [0.3, 0.4) is 0 Å². The van der Waals surface area contributed by atoms with Crippen LogP contribution in [-0.2, 0) is 52.5 Å². The molecular weight excluding hydrogens is 1090 g/mol. The molecule has 0 saturated heterocycles. The number of aromatic hydroxyl groups is 1. The fraction of sp³-hybridized carbons (Fsp3) is 0.167. The zero-order chi connectivity index (χ0) is 56.1. The second-order valence-electron chi connectivity index (χ2n) is 15.8. The number of rotatable bonds is 21. The molecule has 0 saturated carbocycles. The number of nitrogens with one attached hydrogen (secondary N) is 5. The molecule has 0 spiro atoms. The molecule has 28 nitrogen and oxygen atoms in total. The van der Waals surface area contributed by atoms with Gasteiger partial charge in [0.25, 0.3) is 35.9 Å². The molecule has 0 aliphatic rings. The lowest BCUT2D eigenvalue weighted by Gasteiger charge is -2.18. The van der Waals surface area contributed by atoms with Crippen LogP contribution in [0.2, 0.25) is 0 Å². The molecule has 4 aromatic carbocycles. The SMILES string of the molecule is C=CS(=O)(=O)c1ccc(N=Nc2ccc(Nc3cc(F)cc(NC(C)CNc4nc(F)nc(Nc5ccc(S(=O)(=O)O)c(N=Nc6c(C)c(CS(=O)(=O)O)c(O)n(CC)c6=O)c5)n4)c3)cc2NC(N)=O)c(S(=O)(=O)O)c1. The number of aromatic nitrogens is 4. The van der Waals surface area contributed by atoms with E-state index in [1.165, 1.54) is 38.1 Å². The van der Waals surface area contributed by atoms with Crippen LogP contribution in [0.25, 0.3) is 0 Å². The van der Waals surface area contributed by atoms with Crippen molar-refractivity contribution in [2.24, 2.45) is 26.2 Å². The smallest absolute Gasteiger partial charge is 0.316 e. The largest absolute Gasteiger partial charge is 0.494 e. The molecule has 2 aromatic heterocycles. The number of nitrogens with two attached hydrogens (primary N) is 1. The molecule has 402 valence electrons. The predicted molar refractivity (Wildman–Crippen MR) is 270 cm³/mol. The van der Waals surface area contributed by atoms with Crippen LogP contribution in [0, 0.1) is 18.8 Å². The van der Waals surface area contributed by atoms with Gasteiger partial charge in [-0.3, -0.25) is 23.0 Å². The van der Waals surface area contributed by atoms with E-state index in [1.54, 1.807) is 6.92 Å². The number of hydrogen-bond donors (Lipinski definition) is 10. The summed E-state index contributed by atoms with van der Waals surface area (Å²) in [6, 6.07) is 11.9. The van der Waals surface area contributed by atoms with Crippen LogP contribution >= 0.6 is 0 Å². The minimum atomic E-state index is -5.03. The third-order valence-corrected chi connectivity index (χ3v) is 14.0. The van der Waals surface area contributed by atoms with E-state index in [9.17, 15) is 70.8 Å². The number of azo groups is 2. The summed E-state index contributed by atoms with van der Waals surface area (Å²) in [5, 5.41) is 40.3. The molecule has 1 unspecified atom stereocenters. The number of halogens is 2. The molecule has 0 fully saturated rings. The van der Waals surface area contributed by atoms with Crippen molar-refractivity contribution in [1.82, 2.24) is 19.5 Å². The highest BCUT2D eigenvalue weighted by atomic mass is 32.2. The Morgan fingerprint density at radius 1 is 0.776 bits per heavy atom. The van der Waals surface area contributed by atoms with Gasteiger partial charge in [0.2, 0.25) is 11.9 Å². The molecule has 0 bridgehead atoms. The molecule has 1 atom stereocenters. The van der Waals surface area contributed by atoms with Crippen LogP contribution in [0.15, 0.2) is 125 Å². The van der Waals surface area contributed by atoms with Gasteiger partial charge in [-0.05, 0) is 99.1 Å². The maximum absolute atomic E-state index is 15.0.